The predicted octanol–water partition coefficient (Wildman–Crippen LogP) is 3.00. The van der Waals surface area contributed by atoms with Crippen molar-refractivity contribution in [3.63, 3.8) is 0 Å². The van der Waals surface area contributed by atoms with Crippen LogP contribution in [-0.2, 0) is 11.8 Å². The van der Waals surface area contributed by atoms with Crippen molar-refractivity contribution in [3.05, 3.63) is 36.0 Å². The summed E-state index contributed by atoms with van der Waals surface area (Å²) in [5.41, 5.74) is 2.15. The van der Waals surface area contributed by atoms with E-state index in [0.717, 1.165) is 5.69 Å². The van der Waals surface area contributed by atoms with E-state index in [1.807, 2.05) is 33.0 Å². The zero-order valence-electron chi connectivity index (χ0n) is 10.8. The maximum Gasteiger partial charge on any atom is 0.307 e. The fourth-order valence-corrected chi connectivity index (χ4v) is 3.26. The Bertz CT molecular complexity index is 639. The molecule has 94 valence electrons. The van der Waals surface area contributed by atoms with Crippen LogP contribution in [-0.4, -0.2) is 15.6 Å². The smallest absolute Gasteiger partial charge is 0.307 e. The van der Waals surface area contributed by atoms with E-state index in [-0.39, 0.29) is 17.3 Å². The molecule has 1 N–H and O–H groups in total. The van der Waals surface area contributed by atoms with Gasteiger partial charge in [-0.05, 0) is 22.9 Å². The summed E-state index contributed by atoms with van der Waals surface area (Å²) in [5, 5.41) is 10.5. The van der Waals surface area contributed by atoms with Gasteiger partial charge >= 0.3 is 5.97 Å². The lowest BCUT2D eigenvalue weighted by Crippen LogP contribution is -2.03. The van der Waals surface area contributed by atoms with Crippen molar-refractivity contribution in [2.24, 2.45) is 18.4 Å². The van der Waals surface area contributed by atoms with Crippen molar-refractivity contribution >= 4 is 16.9 Å². The third kappa shape index (κ3) is 1.33. The van der Waals surface area contributed by atoms with Gasteiger partial charge in [0.25, 0.3) is 0 Å². The zero-order valence-corrected chi connectivity index (χ0v) is 10.8. The first kappa shape index (κ1) is 11.3. The molecule has 1 fully saturated rings. The molecule has 2 aromatic rings. The number of benzene rings is 1. The predicted molar refractivity (Wildman–Crippen MR) is 70.6 cm³/mol. The Morgan fingerprint density at radius 1 is 1.33 bits per heavy atom. The lowest BCUT2D eigenvalue weighted by molar-refractivity contribution is -0.139. The molecule has 0 bridgehead atoms. The van der Waals surface area contributed by atoms with Gasteiger partial charge in [-0.1, -0.05) is 32.0 Å². The number of aromatic nitrogens is 1. The Labute approximate surface area is 106 Å². The van der Waals surface area contributed by atoms with Crippen LogP contribution in [0.4, 0.5) is 0 Å². The van der Waals surface area contributed by atoms with E-state index in [9.17, 15) is 9.90 Å². The maximum atomic E-state index is 11.3. The van der Waals surface area contributed by atoms with Crippen LogP contribution in [0.25, 0.3) is 10.9 Å². The summed E-state index contributed by atoms with van der Waals surface area (Å²) in [6.45, 7) is 4.07. The van der Waals surface area contributed by atoms with E-state index in [2.05, 4.69) is 22.8 Å². The first-order valence-electron chi connectivity index (χ1n) is 6.21. The number of aliphatic carboxylic acids is 1. The highest BCUT2D eigenvalue weighted by Gasteiger charge is 2.63. The minimum Gasteiger partial charge on any atom is -0.481 e. The number of hydrogen-bond acceptors (Lipinski definition) is 1. The van der Waals surface area contributed by atoms with Crippen molar-refractivity contribution in [2.75, 3.05) is 0 Å². The van der Waals surface area contributed by atoms with Gasteiger partial charge in [0.05, 0.1) is 5.92 Å². The largest absolute Gasteiger partial charge is 0.481 e. The van der Waals surface area contributed by atoms with E-state index in [1.165, 1.54) is 10.9 Å². The highest BCUT2D eigenvalue weighted by atomic mass is 16.4. The van der Waals surface area contributed by atoms with Crippen molar-refractivity contribution in [1.82, 2.24) is 4.57 Å². The average Bonchev–Trinajstić information content (AvgIpc) is 2.73. The van der Waals surface area contributed by atoms with E-state index in [1.54, 1.807) is 0 Å². The van der Waals surface area contributed by atoms with E-state index >= 15 is 0 Å². The summed E-state index contributed by atoms with van der Waals surface area (Å²) >= 11 is 0. The van der Waals surface area contributed by atoms with Crippen molar-refractivity contribution < 1.29 is 9.90 Å². The summed E-state index contributed by atoms with van der Waals surface area (Å²) in [6.07, 6.45) is 0. The molecular weight excluding hydrogens is 226 g/mol. The van der Waals surface area contributed by atoms with Gasteiger partial charge in [-0.2, -0.15) is 0 Å². The van der Waals surface area contributed by atoms with Gasteiger partial charge in [0, 0.05) is 24.2 Å². The number of carboxylic acids is 1. The molecule has 1 aliphatic rings. The van der Waals surface area contributed by atoms with Crippen LogP contribution in [0, 0.1) is 11.3 Å². The molecule has 1 heterocycles. The molecule has 2 atom stereocenters. The molecule has 0 aliphatic heterocycles. The highest BCUT2D eigenvalue weighted by molar-refractivity contribution is 5.83. The van der Waals surface area contributed by atoms with Gasteiger partial charge in [-0.25, -0.2) is 0 Å². The molecule has 1 aromatic heterocycles. The fraction of sp³-hybridized carbons (Fsp3) is 0.400. The monoisotopic (exact) mass is 243 g/mol. The molecule has 3 heteroatoms. The normalized spacial score (nSPS) is 25.3. The van der Waals surface area contributed by atoms with Gasteiger partial charge in [0.15, 0.2) is 0 Å². The van der Waals surface area contributed by atoms with Crippen molar-refractivity contribution in [1.29, 1.82) is 0 Å². The molecule has 0 amide bonds. The molecule has 0 radical (unpaired) electrons. The first-order valence-corrected chi connectivity index (χ1v) is 6.21. The molecule has 1 saturated carbocycles. The molecule has 3 rings (SSSR count). The van der Waals surface area contributed by atoms with Gasteiger partial charge in [-0.3, -0.25) is 4.79 Å². The van der Waals surface area contributed by atoms with Crippen LogP contribution in [0.1, 0.15) is 25.5 Å². The SMILES string of the molecule is Cn1c([C@@H]2[C@@H](C(=O)O)C2(C)C)cc2ccccc21. The lowest BCUT2D eigenvalue weighted by atomic mass is 10.1. The fourth-order valence-electron chi connectivity index (χ4n) is 3.26. The minimum absolute atomic E-state index is 0.118. The molecule has 1 aliphatic carbocycles. The lowest BCUT2D eigenvalue weighted by Gasteiger charge is -2.05. The van der Waals surface area contributed by atoms with E-state index in [4.69, 9.17) is 0 Å². The number of fused-ring (bicyclic) bond motifs is 1. The topological polar surface area (TPSA) is 42.2 Å². The Hall–Kier alpha value is -1.77. The third-order valence-corrected chi connectivity index (χ3v) is 4.40. The summed E-state index contributed by atoms with van der Waals surface area (Å²) in [4.78, 5) is 11.3. The molecular formula is C15H17NO2. The van der Waals surface area contributed by atoms with Crippen LogP contribution in [0.15, 0.2) is 30.3 Å². The second kappa shape index (κ2) is 3.37. The molecule has 0 saturated heterocycles. The minimum atomic E-state index is -0.685. The van der Waals surface area contributed by atoms with Crippen LogP contribution in [0.2, 0.25) is 0 Å². The Balaban J connectivity index is 2.12. The van der Waals surface area contributed by atoms with Gasteiger partial charge < -0.3 is 9.67 Å². The number of para-hydroxylation sites is 1. The van der Waals surface area contributed by atoms with Gasteiger partial charge in [0.2, 0.25) is 0 Å². The van der Waals surface area contributed by atoms with E-state index < -0.39 is 5.97 Å². The molecule has 3 nitrogen and oxygen atoms in total. The summed E-state index contributed by atoms with van der Waals surface area (Å²) < 4.78 is 2.13. The molecule has 18 heavy (non-hydrogen) atoms. The van der Waals surface area contributed by atoms with E-state index in [0.29, 0.717) is 0 Å². The van der Waals surface area contributed by atoms with Crippen LogP contribution in [0.3, 0.4) is 0 Å². The highest BCUT2D eigenvalue weighted by Crippen LogP contribution is 2.64. The van der Waals surface area contributed by atoms with Crippen LogP contribution >= 0.6 is 0 Å². The maximum absolute atomic E-state index is 11.3. The summed E-state index contributed by atoms with van der Waals surface area (Å²) in [5.74, 6) is -0.830. The van der Waals surface area contributed by atoms with Gasteiger partial charge in [-0.15, -0.1) is 0 Å². The number of aryl methyl sites for hydroxylation is 1. The Morgan fingerprint density at radius 3 is 2.56 bits per heavy atom. The number of rotatable bonds is 2. The van der Waals surface area contributed by atoms with Crippen LogP contribution < -0.4 is 0 Å². The Kier molecular flexibility index (Phi) is 2.12. The molecule has 1 aromatic carbocycles. The number of carbonyl (C=O) groups is 1. The number of carboxylic acid groups (broad SMARTS) is 1. The third-order valence-electron chi connectivity index (χ3n) is 4.40. The summed E-state index contributed by atoms with van der Waals surface area (Å²) in [7, 11) is 2.02. The second-order valence-corrected chi connectivity index (χ2v) is 5.80. The average molecular weight is 243 g/mol. The van der Waals surface area contributed by atoms with Crippen molar-refractivity contribution in [2.45, 2.75) is 19.8 Å². The quantitative estimate of drug-likeness (QED) is 0.881. The number of nitrogens with zero attached hydrogens (tertiary/aromatic N) is 1. The first-order chi connectivity index (χ1) is 8.44. The standard InChI is InChI=1S/C15H17NO2/c1-15(2)12(13(15)14(17)18)11-8-9-6-4-5-7-10(9)16(11)3/h4-8,12-13H,1-3H3,(H,17,18)/t12-,13+/m1/s1. The zero-order chi connectivity index (χ0) is 13.1. The molecule has 0 unspecified atom stereocenters. The Morgan fingerprint density at radius 2 is 2.00 bits per heavy atom. The van der Waals surface area contributed by atoms with Crippen LogP contribution in [0.5, 0.6) is 0 Å². The van der Waals surface area contributed by atoms with Crippen molar-refractivity contribution in [3.8, 4) is 0 Å². The summed E-state index contributed by atoms with van der Waals surface area (Å²) in [6, 6.07) is 10.3. The molecule has 0 spiro atoms. The van der Waals surface area contributed by atoms with Gasteiger partial charge in [0.1, 0.15) is 0 Å². The number of hydrogen-bond donors (Lipinski definition) is 1. The second-order valence-electron chi connectivity index (χ2n) is 5.80.